The number of rotatable bonds is 5. The largest absolute Gasteiger partial charge is 0.469 e. The van der Waals surface area contributed by atoms with E-state index in [0.717, 1.165) is 12.8 Å². The topological polar surface area (TPSA) is 93.7 Å². The second-order valence-corrected chi connectivity index (χ2v) is 7.54. The summed E-state index contributed by atoms with van der Waals surface area (Å²) >= 11 is 0. The van der Waals surface area contributed by atoms with Crippen molar-refractivity contribution in [1.29, 1.82) is 0 Å². The van der Waals surface area contributed by atoms with E-state index in [4.69, 9.17) is 9.47 Å². The Morgan fingerprint density at radius 3 is 2.25 bits per heavy atom. The van der Waals surface area contributed by atoms with Crippen LogP contribution in [0.4, 0.5) is 4.79 Å². The Morgan fingerprint density at radius 2 is 1.75 bits per heavy atom. The van der Waals surface area contributed by atoms with Gasteiger partial charge in [-0.05, 0) is 39.5 Å². The minimum atomic E-state index is -0.723. The van der Waals surface area contributed by atoms with E-state index in [1.165, 1.54) is 7.11 Å². The third kappa shape index (κ3) is 6.02. The number of alkyl carbamates (subject to hydrolysis) is 1. The number of amides is 2. The molecule has 138 valence electrons. The molecule has 0 spiro atoms. The van der Waals surface area contributed by atoms with E-state index in [1.807, 2.05) is 13.8 Å². The first-order chi connectivity index (χ1) is 11.0. The van der Waals surface area contributed by atoms with E-state index < -0.39 is 17.7 Å². The number of carbonyl (C=O) groups excluding carboxylic acids is 3. The van der Waals surface area contributed by atoms with Crippen molar-refractivity contribution in [3.63, 3.8) is 0 Å². The highest BCUT2D eigenvalue weighted by atomic mass is 16.6. The maximum Gasteiger partial charge on any atom is 0.408 e. The van der Waals surface area contributed by atoms with Gasteiger partial charge in [0.05, 0.1) is 13.0 Å². The molecule has 0 unspecified atom stereocenters. The molecule has 0 aromatic rings. The van der Waals surface area contributed by atoms with Gasteiger partial charge in [-0.15, -0.1) is 0 Å². The van der Waals surface area contributed by atoms with Crippen LogP contribution >= 0.6 is 0 Å². The molecular formula is C17H30N2O5. The molecule has 0 aromatic carbocycles. The second-order valence-electron chi connectivity index (χ2n) is 7.54. The van der Waals surface area contributed by atoms with E-state index in [0.29, 0.717) is 6.42 Å². The maximum absolute atomic E-state index is 12.6. The van der Waals surface area contributed by atoms with E-state index in [9.17, 15) is 14.4 Å². The van der Waals surface area contributed by atoms with Gasteiger partial charge in [0.2, 0.25) is 5.91 Å². The zero-order valence-electron chi connectivity index (χ0n) is 15.5. The molecule has 0 saturated heterocycles. The van der Waals surface area contributed by atoms with Crippen LogP contribution in [0.15, 0.2) is 0 Å². The van der Waals surface area contributed by atoms with Crippen molar-refractivity contribution >= 4 is 18.0 Å². The molecule has 7 nitrogen and oxygen atoms in total. The highest BCUT2D eigenvalue weighted by Crippen LogP contribution is 2.27. The highest BCUT2D eigenvalue weighted by Gasteiger charge is 2.37. The average molecular weight is 342 g/mol. The van der Waals surface area contributed by atoms with Gasteiger partial charge in [0.25, 0.3) is 0 Å². The third-order valence-electron chi connectivity index (χ3n) is 3.97. The molecule has 1 aliphatic rings. The lowest BCUT2D eigenvalue weighted by atomic mass is 10.0. The predicted octanol–water partition coefficient (Wildman–Crippen LogP) is 1.99. The minimum Gasteiger partial charge on any atom is -0.469 e. The van der Waals surface area contributed by atoms with Crippen LogP contribution in [0.1, 0.15) is 53.9 Å². The molecule has 1 aliphatic carbocycles. The van der Waals surface area contributed by atoms with E-state index in [1.54, 1.807) is 20.8 Å². The molecule has 1 rings (SSSR count). The van der Waals surface area contributed by atoms with Crippen LogP contribution in [-0.4, -0.2) is 42.8 Å². The number of ether oxygens (including phenoxy) is 2. The van der Waals surface area contributed by atoms with Crippen molar-refractivity contribution in [3.8, 4) is 0 Å². The lowest BCUT2D eigenvalue weighted by Gasteiger charge is -2.27. The fourth-order valence-corrected chi connectivity index (χ4v) is 2.81. The monoisotopic (exact) mass is 342 g/mol. The summed E-state index contributed by atoms with van der Waals surface area (Å²) < 4.78 is 10.0. The average Bonchev–Trinajstić information content (AvgIpc) is 2.89. The molecule has 0 radical (unpaired) electrons. The Kier molecular flexibility index (Phi) is 7.05. The van der Waals surface area contributed by atoms with Gasteiger partial charge in [-0.1, -0.05) is 20.3 Å². The molecule has 3 atom stereocenters. The molecule has 2 N–H and O–H groups in total. The summed E-state index contributed by atoms with van der Waals surface area (Å²) in [5.41, 5.74) is -0.635. The molecular weight excluding hydrogens is 312 g/mol. The molecule has 2 amide bonds. The smallest absolute Gasteiger partial charge is 0.408 e. The van der Waals surface area contributed by atoms with Crippen molar-refractivity contribution in [2.24, 2.45) is 11.8 Å². The Balaban J connectivity index is 2.70. The van der Waals surface area contributed by atoms with Gasteiger partial charge in [0, 0.05) is 6.04 Å². The molecule has 0 heterocycles. The second kappa shape index (κ2) is 8.35. The highest BCUT2D eigenvalue weighted by molar-refractivity contribution is 5.86. The van der Waals surface area contributed by atoms with Gasteiger partial charge in [0.15, 0.2) is 0 Å². The molecule has 1 fully saturated rings. The maximum atomic E-state index is 12.6. The molecule has 24 heavy (non-hydrogen) atoms. The number of methoxy groups -OCH3 is 1. The van der Waals surface area contributed by atoms with Gasteiger partial charge in [-0.25, -0.2) is 4.79 Å². The van der Waals surface area contributed by atoms with E-state index in [2.05, 4.69) is 10.6 Å². The fourth-order valence-electron chi connectivity index (χ4n) is 2.81. The fraction of sp³-hybridized carbons (Fsp3) is 0.824. The number of esters is 1. The van der Waals surface area contributed by atoms with Crippen molar-refractivity contribution < 1.29 is 23.9 Å². The first kappa shape index (κ1) is 20.3. The normalized spacial score (nSPS) is 22.0. The molecule has 0 aromatic heterocycles. The standard InChI is InChI=1S/C17H30N2O5/c1-10(2)13(19-16(22)24-17(3,4)5)14(20)18-12-9-7-8-11(12)15(21)23-6/h10-13H,7-9H2,1-6H3,(H,18,20)(H,19,22)/t11-,12+,13-/m1/s1. The SMILES string of the molecule is COC(=O)[C@@H]1CCC[C@@H]1NC(=O)[C@H](NC(=O)OC(C)(C)C)C(C)C. The summed E-state index contributed by atoms with van der Waals surface area (Å²) in [6.45, 7) is 8.96. The van der Waals surface area contributed by atoms with Crippen molar-refractivity contribution in [1.82, 2.24) is 10.6 Å². The zero-order valence-corrected chi connectivity index (χ0v) is 15.5. The Labute approximate surface area is 143 Å². The summed E-state index contributed by atoms with van der Waals surface area (Å²) in [7, 11) is 1.35. The van der Waals surface area contributed by atoms with Crippen molar-refractivity contribution in [3.05, 3.63) is 0 Å². The van der Waals surface area contributed by atoms with Crippen LogP contribution in [0.3, 0.4) is 0 Å². The molecule has 0 bridgehead atoms. The van der Waals surface area contributed by atoms with Crippen LogP contribution < -0.4 is 10.6 Å². The quantitative estimate of drug-likeness (QED) is 0.745. The Bertz CT molecular complexity index is 470. The van der Waals surface area contributed by atoms with Crippen molar-refractivity contribution in [2.45, 2.75) is 71.6 Å². The first-order valence-electron chi connectivity index (χ1n) is 8.43. The van der Waals surface area contributed by atoms with Gasteiger partial charge >= 0.3 is 12.1 Å². The van der Waals surface area contributed by atoms with Crippen LogP contribution in [0.25, 0.3) is 0 Å². The summed E-state index contributed by atoms with van der Waals surface area (Å²) in [6, 6.07) is -0.981. The van der Waals surface area contributed by atoms with Gasteiger partial charge < -0.3 is 20.1 Å². The van der Waals surface area contributed by atoms with Gasteiger partial charge in [0.1, 0.15) is 11.6 Å². The number of carbonyl (C=O) groups is 3. The molecule has 7 heteroatoms. The first-order valence-corrected chi connectivity index (χ1v) is 8.43. The van der Waals surface area contributed by atoms with Crippen molar-refractivity contribution in [2.75, 3.05) is 7.11 Å². The van der Waals surface area contributed by atoms with Crippen LogP contribution in [-0.2, 0) is 19.1 Å². The summed E-state index contributed by atoms with van der Waals surface area (Å²) in [5, 5.41) is 5.50. The van der Waals surface area contributed by atoms with Crippen LogP contribution in [0.2, 0.25) is 0 Å². The summed E-state index contributed by atoms with van der Waals surface area (Å²) in [4.78, 5) is 36.3. The van der Waals surface area contributed by atoms with Crippen LogP contribution in [0.5, 0.6) is 0 Å². The lowest BCUT2D eigenvalue weighted by Crippen LogP contribution is -2.54. The van der Waals surface area contributed by atoms with Gasteiger partial charge in [-0.2, -0.15) is 0 Å². The third-order valence-corrected chi connectivity index (χ3v) is 3.97. The number of hydrogen-bond donors (Lipinski definition) is 2. The minimum absolute atomic E-state index is 0.115. The molecule has 0 aliphatic heterocycles. The summed E-state index contributed by atoms with van der Waals surface area (Å²) in [6.07, 6.45) is 1.65. The van der Waals surface area contributed by atoms with Crippen LogP contribution in [0, 0.1) is 11.8 Å². The Hall–Kier alpha value is -1.79. The zero-order chi connectivity index (χ0) is 18.5. The number of nitrogens with one attached hydrogen (secondary N) is 2. The van der Waals surface area contributed by atoms with E-state index in [-0.39, 0.29) is 29.8 Å². The van der Waals surface area contributed by atoms with Gasteiger partial charge in [-0.3, -0.25) is 9.59 Å². The number of hydrogen-bond acceptors (Lipinski definition) is 5. The van der Waals surface area contributed by atoms with E-state index >= 15 is 0 Å². The lowest BCUT2D eigenvalue weighted by molar-refractivity contribution is -0.146. The summed E-state index contributed by atoms with van der Waals surface area (Å²) in [5.74, 6) is -1.06. The predicted molar refractivity (Wildman–Crippen MR) is 89.3 cm³/mol. The Morgan fingerprint density at radius 1 is 1.12 bits per heavy atom. The molecule has 1 saturated carbocycles.